The molecule has 1 rings (SSSR count). The molecule has 1 aliphatic rings. The van der Waals surface area contributed by atoms with E-state index in [9.17, 15) is 4.79 Å². The highest BCUT2D eigenvalue weighted by atomic mass is 35.5. The Kier molecular flexibility index (Phi) is 5.56. The summed E-state index contributed by atoms with van der Waals surface area (Å²) in [5, 5.41) is 0. The summed E-state index contributed by atoms with van der Waals surface area (Å²) in [5.41, 5.74) is 5.92. The summed E-state index contributed by atoms with van der Waals surface area (Å²) in [6.45, 7) is 6.27. The molecule has 0 saturated carbocycles. The lowest BCUT2D eigenvalue weighted by molar-refractivity contribution is -0.133. The molecule has 0 aromatic carbocycles. The van der Waals surface area contributed by atoms with Crippen LogP contribution in [-0.4, -0.2) is 43.7 Å². The van der Waals surface area contributed by atoms with Crippen LogP contribution in [0.2, 0.25) is 0 Å². The topological polar surface area (TPSA) is 55.6 Å². The average Bonchev–Trinajstić information content (AvgIpc) is 2.45. The first-order chi connectivity index (χ1) is 6.46. The van der Waals surface area contributed by atoms with Crippen LogP contribution in [0.25, 0.3) is 0 Å². The molecule has 1 saturated heterocycles. The quantitative estimate of drug-likeness (QED) is 0.783. The van der Waals surface area contributed by atoms with E-state index in [2.05, 4.69) is 13.8 Å². The molecule has 0 bridgehead atoms. The summed E-state index contributed by atoms with van der Waals surface area (Å²) in [5.74, 6) is 0.0115. The Balaban J connectivity index is 0.00000196. The van der Waals surface area contributed by atoms with Crippen LogP contribution >= 0.6 is 12.4 Å². The predicted molar refractivity (Wildman–Crippen MR) is 62.1 cm³/mol. The minimum absolute atomic E-state index is 0. The molecule has 1 aliphatic heterocycles. The number of nitrogens with zero attached hydrogens (tertiary/aromatic N) is 1. The van der Waals surface area contributed by atoms with E-state index in [1.165, 1.54) is 0 Å². The van der Waals surface area contributed by atoms with Crippen LogP contribution in [0, 0.1) is 5.41 Å². The SMILES string of the molecule is COCC(N)C(=O)N1CCC(C)(C)C1.Cl. The third-order valence-corrected chi connectivity index (χ3v) is 2.65. The highest BCUT2D eigenvalue weighted by molar-refractivity contribution is 5.85. The first-order valence-electron chi connectivity index (χ1n) is 4.99. The lowest BCUT2D eigenvalue weighted by Crippen LogP contribution is -2.45. The van der Waals surface area contributed by atoms with E-state index in [-0.39, 0.29) is 23.7 Å². The minimum atomic E-state index is -0.506. The van der Waals surface area contributed by atoms with Crippen LogP contribution in [0.15, 0.2) is 0 Å². The van der Waals surface area contributed by atoms with Gasteiger partial charge in [0.1, 0.15) is 6.04 Å². The second kappa shape index (κ2) is 5.68. The monoisotopic (exact) mass is 236 g/mol. The second-order valence-corrected chi connectivity index (χ2v) is 4.74. The van der Waals surface area contributed by atoms with Crippen molar-refractivity contribution in [2.75, 3.05) is 26.8 Å². The van der Waals surface area contributed by atoms with Crippen molar-refractivity contribution in [2.45, 2.75) is 26.3 Å². The number of amides is 1. The van der Waals surface area contributed by atoms with Gasteiger partial charge in [0.15, 0.2) is 0 Å². The van der Waals surface area contributed by atoms with Gasteiger partial charge >= 0.3 is 0 Å². The van der Waals surface area contributed by atoms with Gasteiger partial charge in [-0.25, -0.2) is 0 Å². The summed E-state index contributed by atoms with van der Waals surface area (Å²) in [6.07, 6.45) is 1.05. The number of rotatable bonds is 3. The Morgan fingerprint density at radius 2 is 2.20 bits per heavy atom. The number of carbonyl (C=O) groups is 1. The molecular weight excluding hydrogens is 216 g/mol. The number of ether oxygens (including phenoxy) is 1. The maximum atomic E-state index is 11.7. The Morgan fingerprint density at radius 3 is 2.60 bits per heavy atom. The molecule has 0 aromatic heterocycles. The lowest BCUT2D eigenvalue weighted by Gasteiger charge is -2.22. The molecule has 1 unspecified atom stereocenters. The molecule has 4 nitrogen and oxygen atoms in total. The highest BCUT2D eigenvalue weighted by Gasteiger charge is 2.33. The van der Waals surface area contributed by atoms with Gasteiger partial charge in [-0.15, -0.1) is 12.4 Å². The summed E-state index contributed by atoms with van der Waals surface area (Å²) >= 11 is 0. The zero-order valence-corrected chi connectivity index (χ0v) is 10.5. The predicted octanol–water partition coefficient (Wildman–Crippen LogP) is 0.640. The summed E-state index contributed by atoms with van der Waals surface area (Å²) in [6, 6.07) is -0.506. The fourth-order valence-electron chi connectivity index (χ4n) is 1.79. The van der Waals surface area contributed by atoms with Gasteiger partial charge < -0.3 is 15.4 Å². The number of halogens is 1. The maximum absolute atomic E-state index is 11.7. The third kappa shape index (κ3) is 3.97. The molecule has 1 amide bonds. The fraction of sp³-hybridized carbons (Fsp3) is 0.900. The molecule has 5 heteroatoms. The van der Waals surface area contributed by atoms with Crippen molar-refractivity contribution in [1.82, 2.24) is 4.90 Å². The number of likely N-dealkylation sites (tertiary alicyclic amines) is 1. The van der Waals surface area contributed by atoms with Crippen LogP contribution < -0.4 is 5.73 Å². The van der Waals surface area contributed by atoms with Crippen molar-refractivity contribution in [1.29, 1.82) is 0 Å². The molecule has 0 aromatic rings. The van der Waals surface area contributed by atoms with Crippen LogP contribution in [0.5, 0.6) is 0 Å². The van der Waals surface area contributed by atoms with Gasteiger partial charge in [0, 0.05) is 20.2 Å². The van der Waals surface area contributed by atoms with Gasteiger partial charge in [-0.2, -0.15) is 0 Å². The normalized spacial score (nSPS) is 20.9. The molecule has 1 fully saturated rings. The standard InChI is InChI=1S/C10H20N2O2.ClH/c1-10(2)4-5-12(7-10)9(13)8(11)6-14-3;/h8H,4-7,11H2,1-3H3;1H. The molecule has 0 aliphatic carbocycles. The molecule has 90 valence electrons. The van der Waals surface area contributed by atoms with E-state index in [1.807, 2.05) is 4.90 Å². The first-order valence-corrected chi connectivity index (χ1v) is 4.99. The Hall–Kier alpha value is -0.320. The maximum Gasteiger partial charge on any atom is 0.241 e. The van der Waals surface area contributed by atoms with Gasteiger partial charge in [-0.1, -0.05) is 13.8 Å². The Bertz CT molecular complexity index is 221. The van der Waals surface area contributed by atoms with Crippen LogP contribution in [0.3, 0.4) is 0 Å². The van der Waals surface area contributed by atoms with E-state index < -0.39 is 6.04 Å². The third-order valence-electron chi connectivity index (χ3n) is 2.65. The molecule has 0 radical (unpaired) electrons. The second-order valence-electron chi connectivity index (χ2n) is 4.74. The van der Waals surface area contributed by atoms with Crippen molar-refractivity contribution in [3.63, 3.8) is 0 Å². The van der Waals surface area contributed by atoms with Gasteiger partial charge in [-0.05, 0) is 11.8 Å². The Labute approximate surface area is 97.5 Å². The van der Waals surface area contributed by atoms with Crippen molar-refractivity contribution >= 4 is 18.3 Å². The highest BCUT2D eigenvalue weighted by Crippen LogP contribution is 2.28. The molecule has 1 atom stereocenters. The van der Waals surface area contributed by atoms with E-state index >= 15 is 0 Å². The number of hydrogen-bond donors (Lipinski definition) is 1. The number of carbonyl (C=O) groups excluding carboxylic acids is 1. The molecule has 1 heterocycles. The largest absolute Gasteiger partial charge is 0.383 e. The molecule has 0 spiro atoms. The smallest absolute Gasteiger partial charge is 0.241 e. The van der Waals surface area contributed by atoms with Gasteiger partial charge in [0.05, 0.1) is 6.61 Å². The van der Waals surface area contributed by atoms with Gasteiger partial charge in [0.2, 0.25) is 5.91 Å². The van der Waals surface area contributed by atoms with E-state index in [0.717, 1.165) is 19.5 Å². The molecular formula is C10H21ClN2O2. The van der Waals surface area contributed by atoms with Crippen molar-refractivity contribution in [3.05, 3.63) is 0 Å². The van der Waals surface area contributed by atoms with Gasteiger partial charge in [0.25, 0.3) is 0 Å². The summed E-state index contributed by atoms with van der Waals surface area (Å²) in [7, 11) is 1.56. The van der Waals surface area contributed by atoms with Crippen molar-refractivity contribution in [3.8, 4) is 0 Å². The van der Waals surface area contributed by atoms with Crippen molar-refractivity contribution < 1.29 is 9.53 Å². The zero-order valence-electron chi connectivity index (χ0n) is 9.66. The van der Waals surface area contributed by atoms with E-state index in [0.29, 0.717) is 6.61 Å². The minimum Gasteiger partial charge on any atom is -0.383 e. The number of methoxy groups -OCH3 is 1. The van der Waals surface area contributed by atoms with Gasteiger partial charge in [-0.3, -0.25) is 4.79 Å². The number of nitrogens with two attached hydrogens (primary N) is 1. The lowest BCUT2D eigenvalue weighted by atomic mass is 9.93. The summed E-state index contributed by atoms with van der Waals surface area (Å²) in [4.78, 5) is 13.6. The first kappa shape index (κ1) is 14.7. The molecule has 2 N–H and O–H groups in total. The zero-order chi connectivity index (χ0) is 10.8. The van der Waals surface area contributed by atoms with E-state index in [4.69, 9.17) is 10.5 Å². The molecule has 15 heavy (non-hydrogen) atoms. The van der Waals surface area contributed by atoms with Crippen LogP contribution in [0.1, 0.15) is 20.3 Å². The average molecular weight is 237 g/mol. The van der Waals surface area contributed by atoms with Crippen LogP contribution in [-0.2, 0) is 9.53 Å². The fourth-order valence-corrected chi connectivity index (χ4v) is 1.79. The number of hydrogen-bond acceptors (Lipinski definition) is 3. The van der Waals surface area contributed by atoms with Crippen molar-refractivity contribution in [2.24, 2.45) is 11.1 Å². The van der Waals surface area contributed by atoms with Crippen LogP contribution in [0.4, 0.5) is 0 Å². The van der Waals surface area contributed by atoms with E-state index in [1.54, 1.807) is 7.11 Å². The summed E-state index contributed by atoms with van der Waals surface area (Å²) < 4.78 is 4.86. The Morgan fingerprint density at radius 1 is 1.60 bits per heavy atom.